The van der Waals surface area contributed by atoms with Gasteiger partial charge in [-0.3, -0.25) is 11.3 Å². The van der Waals surface area contributed by atoms with Gasteiger partial charge in [-0.05, 0) is 30.0 Å². The highest BCUT2D eigenvalue weighted by Crippen LogP contribution is 2.31. The molecule has 0 aliphatic carbocycles. The number of hydrogen-bond donors (Lipinski definition) is 2. The minimum atomic E-state index is 0.107. The molecule has 0 amide bonds. The summed E-state index contributed by atoms with van der Waals surface area (Å²) in [6.45, 7) is 4.41. The number of nitrogens with two attached hydrogens (primary N) is 1. The lowest BCUT2D eigenvalue weighted by Gasteiger charge is -2.24. The van der Waals surface area contributed by atoms with Crippen molar-refractivity contribution in [3.8, 4) is 11.5 Å². The van der Waals surface area contributed by atoms with E-state index < -0.39 is 0 Å². The van der Waals surface area contributed by atoms with Crippen LogP contribution in [0.5, 0.6) is 11.5 Å². The zero-order chi connectivity index (χ0) is 14.3. The van der Waals surface area contributed by atoms with E-state index >= 15 is 0 Å². The smallest absolute Gasteiger partial charge is 0.122 e. The fourth-order valence-electron chi connectivity index (χ4n) is 2.29. The molecule has 0 aliphatic rings. The highest BCUT2D eigenvalue weighted by molar-refractivity contribution is 5.40. The van der Waals surface area contributed by atoms with E-state index in [0.29, 0.717) is 5.92 Å². The molecule has 0 spiro atoms. The monoisotopic (exact) mass is 266 g/mol. The number of methoxy groups -OCH3 is 2. The van der Waals surface area contributed by atoms with Crippen LogP contribution in [0.1, 0.15) is 44.7 Å². The Balaban J connectivity index is 2.96. The van der Waals surface area contributed by atoms with E-state index in [9.17, 15) is 0 Å². The van der Waals surface area contributed by atoms with Crippen molar-refractivity contribution in [1.29, 1.82) is 0 Å². The summed E-state index contributed by atoms with van der Waals surface area (Å²) in [4.78, 5) is 0. The van der Waals surface area contributed by atoms with Crippen LogP contribution in [0.3, 0.4) is 0 Å². The van der Waals surface area contributed by atoms with Crippen molar-refractivity contribution in [1.82, 2.24) is 5.43 Å². The Bertz CT molecular complexity index is 360. The molecule has 0 aliphatic heterocycles. The van der Waals surface area contributed by atoms with Crippen LogP contribution in [0, 0.1) is 5.92 Å². The summed E-state index contributed by atoms with van der Waals surface area (Å²) >= 11 is 0. The molecule has 0 saturated heterocycles. The largest absolute Gasteiger partial charge is 0.497 e. The number of unbranched alkanes of at least 4 members (excludes halogenated alkanes) is 1. The topological polar surface area (TPSA) is 56.5 Å². The average Bonchev–Trinajstić information content (AvgIpc) is 2.45. The van der Waals surface area contributed by atoms with Gasteiger partial charge >= 0.3 is 0 Å². The quantitative estimate of drug-likeness (QED) is 0.561. The van der Waals surface area contributed by atoms with E-state index in [4.69, 9.17) is 15.3 Å². The highest BCUT2D eigenvalue weighted by Gasteiger charge is 2.19. The molecule has 108 valence electrons. The van der Waals surface area contributed by atoms with Crippen LogP contribution in [-0.4, -0.2) is 14.2 Å². The lowest BCUT2D eigenvalue weighted by molar-refractivity contribution is 0.354. The van der Waals surface area contributed by atoms with E-state index in [1.807, 2.05) is 18.2 Å². The zero-order valence-electron chi connectivity index (χ0n) is 12.4. The Morgan fingerprint density at radius 2 is 1.74 bits per heavy atom. The second-order valence-corrected chi connectivity index (χ2v) is 4.91. The van der Waals surface area contributed by atoms with Crippen LogP contribution in [0.15, 0.2) is 18.2 Å². The maximum absolute atomic E-state index is 5.73. The molecule has 2 unspecified atom stereocenters. The third kappa shape index (κ3) is 4.40. The molecule has 0 bridgehead atoms. The van der Waals surface area contributed by atoms with Crippen LogP contribution in [0.25, 0.3) is 0 Å². The van der Waals surface area contributed by atoms with Gasteiger partial charge in [0.05, 0.1) is 14.2 Å². The van der Waals surface area contributed by atoms with Crippen LogP contribution in [0.4, 0.5) is 0 Å². The molecule has 2 atom stereocenters. The Kier molecular flexibility index (Phi) is 6.67. The second kappa shape index (κ2) is 8.02. The fourth-order valence-corrected chi connectivity index (χ4v) is 2.29. The molecular weight excluding hydrogens is 240 g/mol. The summed E-state index contributed by atoms with van der Waals surface area (Å²) < 4.78 is 10.6. The first-order valence-electron chi connectivity index (χ1n) is 6.85. The molecule has 19 heavy (non-hydrogen) atoms. The van der Waals surface area contributed by atoms with Crippen LogP contribution < -0.4 is 20.7 Å². The van der Waals surface area contributed by atoms with Gasteiger partial charge in [0.1, 0.15) is 11.5 Å². The number of hydrazine groups is 1. The Morgan fingerprint density at radius 1 is 1.16 bits per heavy atom. The normalized spacial score (nSPS) is 13.9. The molecule has 0 aromatic heterocycles. The Labute approximate surface area is 116 Å². The van der Waals surface area contributed by atoms with Crippen LogP contribution >= 0.6 is 0 Å². The minimum Gasteiger partial charge on any atom is -0.497 e. The summed E-state index contributed by atoms with van der Waals surface area (Å²) in [6, 6.07) is 5.99. The Hall–Kier alpha value is -1.26. The molecule has 4 heteroatoms. The Morgan fingerprint density at radius 3 is 2.16 bits per heavy atom. The summed E-state index contributed by atoms with van der Waals surface area (Å²) in [5.74, 6) is 7.77. The standard InChI is InChI=1S/C15H26N2O2/c1-5-6-7-11(2)15(17-16)12-8-13(18-3)10-14(9-12)19-4/h8-11,15,17H,5-7,16H2,1-4H3. The van der Waals surface area contributed by atoms with E-state index in [-0.39, 0.29) is 6.04 Å². The maximum atomic E-state index is 5.73. The third-order valence-electron chi connectivity index (χ3n) is 3.49. The molecule has 0 radical (unpaired) electrons. The molecular formula is C15H26N2O2. The molecule has 1 aromatic rings. The second-order valence-electron chi connectivity index (χ2n) is 4.91. The molecule has 0 heterocycles. The first-order valence-corrected chi connectivity index (χ1v) is 6.85. The average molecular weight is 266 g/mol. The summed E-state index contributed by atoms with van der Waals surface area (Å²) in [6.07, 6.45) is 3.55. The number of hydrogen-bond acceptors (Lipinski definition) is 4. The van der Waals surface area contributed by atoms with E-state index in [0.717, 1.165) is 23.5 Å². The number of ether oxygens (including phenoxy) is 2. The van der Waals surface area contributed by atoms with Gasteiger partial charge in [0, 0.05) is 12.1 Å². The minimum absolute atomic E-state index is 0.107. The van der Waals surface area contributed by atoms with Crippen molar-refractivity contribution in [3.05, 3.63) is 23.8 Å². The fraction of sp³-hybridized carbons (Fsp3) is 0.600. The van der Waals surface area contributed by atoms with Crippen molar-refractivity contribution in [3.63, 3.8) is 0 Å². The van der Waals surface area contributed by atoms with Crippen LogP contribution in [0.2, 0.25) is 0 Å². The van der Waals surface area contributed by atoms with Gasteiger partial charge in [-0.1, -0.05) is 26.7 Å². The van der Waals surface area contributed by atoms with Crippen molar-refractivity contribution in [2.45, 2.75) is 39.2 Å². The van der Waals surface area contributed by atoms with Crippen molar-refractivity contribution < 1.29 is 9.47 Å². The van der Waals surface area contributed by atoms with E-state index in [1.54, 1.807) is 14.2 Å². The van der Waals surface area contributed by atoms with Gasteiger partial charge in [-0.25, -0.2) is 0 Å². The van der Waals surface area contributed by atoms with Crippen molar-refractivity contribution in [2.24, 2.45) is 11.8 Å². The third-order valence-corrected chi connectivity index (χ3v) is 3.49. The number of benzene rings is 1. The lowest BCUT2D eigenvalue weighted by atomic mass is 9.90. The first kappa shape index (κ1) is 15.8. The van der Waals surface area contributed by atoms with Gasteiger partial charge < -0.3 is 9.47 Å². The van der Waals surface area contributed by atoms with E-state index in [1.165, 1.54) is 12.8 Å². The summed E-state index contributed by atoms with van der Waals surface area (Å²) in [7, 11) is 3.31. The van der Waals surface area contributed by atoms with Gasteiger partial charge in [0.25, 0.3) is 0 Å². The lowest BCUT2D eigenvalue weighted by Crippen LogP contribution is -2.32. The van der Waals surface area contributed by atoms with E-state index in [2.05, 4.69) is 19.3 Å². The summed E-state index contributed by atoms with van der Waals surface area (Å²) in [5, 5.41) is 0. The van der Waals surface area contributed by atoms with Gasteiger partial charge in [-0.2, -0.15) is 0 Å². The molecule has 4 nitrogen and oxygen atoms in total. The SMILES string of the molecule is CCCCC(C)C(NN)c1cc(OC)cc(OC)c1. The highest BCUT2D eigenvalue weighted by atomic mass is 16.5. The molecule has 0 fully saturated rings. The van der Waals surface area contributed by atoms with Crippen molar-refractivity contribution in [2.75, 3.05) is 14.2 Å². The predicted octanol–water partition coefficient (Wildman–Crippen LogP) is 3.03. The number of nitrogens with one attached hydrogen (secondary N) is 1. The van der Waals surface area contributed by atoms with Gasteiger partial charge in [0.2, 0.25) is 0 Å². The molecule has 3 N–H and O–H groups in total. The maximum Gasteiger partial charge on any atom is 0.122 e. The van der Waals surface area contributed by atoms with Gasteiger partial charge in [-0.15, -0.1) is 0 Å². The van der Waals surface area contributed by atoms with Crippen LogP contribution in [-0.2, 0) is 0 Å². The number of rotatable bonds is 8. The molecule has 0 saturated carbocycles. The van der Waals surface area contributed by atoms with Gasteiger partial charge in [0.15, 0.2) is 0 Å². The zero-order valence-corrected chi connectivity index (χ0v) is 12.4. The van der Waals surface area contributed by atoms with Crippen molar-refractivity contribution >= 4 is 0 Å². The predicted molar refractivity (Wildman–Crippen MR) is 78.3 cm³/mol. The molecule has 1 rings (SSSR count). The summed E-state index contributed by atoms with van der Waals surface area (Å²) in [5.41, 5.74) is 4.02. The molecule has 1 aromatic carbocycles. The first-order chi connectivity index (χ1) is 9.15.